The van der Waals surface area contributed by atoms with E-state index in [1.807, 2.05) is 13.0 Å². The molecule has 144 valence electrons. The van der Waals surface area contributed by atoms with E-state index in [2.05, 4.69) is 20.7 Å². The SMILES string of the molecule is Cc1cc(CN2CCC(CCNC(=O)c3ccc(NC(N)=O)cc3)C2)on1. The summed E-state index contributed by atoms with van der Waals surface area (Å²) < 4.78 is 5.27. The molecular weight excluding hydrogens is 346 g/mol. The zero-order valence-corrected chi connectivity index (χ0v) is 15.4. The number of nitrogens with zero attached hydrogens (tertiary/aromatic N) is 2. The van der Waals surface area contributed by atoms with Gasteiger partial charge >= 0.3 is 6.03 Å². The molecule has 0 aliphatic carbocycles. The van der Waals surface area contributed by atoms with Gasteiger partial charge in [-0.2, -0.15) is 0 Å². The van der Waals surface area contributed by atoms with Crippen molar-refractivity contribution in [3.8, 4) is 0 Å². The number of rotatable bonds is 7. The third-order valence-corrected chi connectivity index (χ3v) is 4.68. The van der Waals surface area contributed by atoms with Crippen molar-refractivity contribution >= 4 is 17.6 Å². The molecule has 1 aliphatic rings. The van der Waals surface area contributed by atoms with Crippen LogP contribution in [-0.2, 0) is 6.54 Å². The second-order valence-electron chi connectivity index (χ2n) is 6.94. The first-order valence-corrected chi connectivity index (χ1v) is 9.09. The number of hydrogen-bond acceptors (Lipinski definition) is 5. The van der Waals surface area contributed by atoms with Crippen LogP contribution in [0.3, 0.4) is 0 Å². The second kappa shape index (κ2) is 8.68. The van der Waals surface area contributed by atoms with Crippen LogP contribution >= 0.6 is 0 Å². The minimum absolute atomic E-state index is 0.118. The molecule has 0 spiro atoms. The maximum absolute atomic E-state index is 12.2. The number of primary amides is 1. The van der Waals surface area contributed by atoms with Gasteiger partial charge < -0.3 is 20.9 Å². The maximum atomic E-state index is 12.2. The average molecular weight is 371 g/mol. The lowest BCUT2D eigenvalue weighted by atomic mass is 10.1. The van der Waals surface area contributed by atoms with Crippen LogP contribution in [0.2, 0.25) is 0 Å². The van der Waals surface area contributed by atoms with Crippen LogP contribution in [-0.4, -0.2) is 41.6 Å². The normalized spacial score (nSPS) is 17.0. The van der Waals surface area contributed by atoms with Crippen LogP contribution in [0.5, 0.6) is 0 Å². The summed E-state index contributed by atoms with van der Waals surface area (Å²) in [6.45, 7) is 5.38. The molecule has 3 rings (SSSR count). The number of hydrogen-bond donors (Lipinski definition) is 3. The van der Waals surface area contributed by atoms with Gasteiger partial charge in [-0.1, -0.05) is 5.16 Å². The topological polar surface area (TPSA) is 113 Å². The summed E-state index contributed by atoms with van der Waals surface area (Å²) in [5, 5.41) is 9.34. The van der Waals surface area contributed by atoms with Crippen molar-refractivity contribution in [3.05, 3.63) is 47.3 Å². The molecule has 1 saturated heterocycles. The summed E-state index contributed by atoms with van der Waals surface area (Å²) in [5.74, 6) is 1.35. The largest absolute Gasteiger partial charge is 0.360 e. The molecule has 2 heterocycles. The van der Waals surface area contributed by atoms with Gasteiger partial charge in [0.25, 0.3) is 5.91 Å². The lowest BCUT2D eigenvalue weighted by Crippen LogP contribution is -2.27. The molecule has 8 heteroatoms. The van der Waals surface area contributed by atoms with Crippen LogP contribution in [0.25, 0.3) is 0 Å². The van der Waals surface area contributed by atoms with Crippen molar-refractivity contribution in [3.63, 3.8) is 0 Å². The number of anilines is 1. The fourth-order valence-electron chi connectivity index (χ4n) is 3.34. The van der Waals surface area contributed by atoms with Crippen LogP contribution in [0.15, 0.2) is 34.9 Å². The van der Waals surface area contributed by atoms with Gasteiger partial charge in [0.1, 0.15) is 0 Å². The average Bonchev–Trinajstić information content (AvgIpc) is 3.24. The summed E-state index contributed by atoms with van der Waals surface area (Å²) in [6.07, 6.45) is 2.06. The Bertz CT molecular complexity index is 787. The van der Waals surface area contributed by atoms with Gasteiger partial charge in [0.15, 0.2) is 5.76 Å². The van der Waals surface area contributed by atoms with Gasteiger partial charge in [0.05, 0.1) is 12.2 Å². The fraction of sp³-hybridized carbons (Fsp3) is 0.421. The molecule has 27 heavy (non-hydrogen) atoms. The number of nitrogens with one attached hydrogen (secondary N) is 2. The Morgan fingerprint density at radius 1 is 1.33 bits per heavy atom. The molecule has 2 aromatic rings. The quantitative estimate of drug-likeness (QED) is 0.690. The van der Waals surface area contributed by atoms with E-state index < -0.39 is 6.03 Å². The zero-order valence-electron chi connectivity index (χ0n) is 15.4. The number of carbonyl (C=O) groups is 2. The Labute approximate surface area is 158 Å². The number of benzene rings is 1. The predicted molar refractivity (Wildman–Crippen MR) is 101 cm³/mol. The minimum atomic E-state index is -0.628. The van der Waals surface area contributed by atoms with E-state index in [1.54, 1.807) is 24.3 Å². The van der Waals surface area contributed by atoms with Crippen LogP contribution < -0.4 is 16.4 Å². The highest BCUT2D eigenvalue weighted by molar-refractivity contribution is 5.95. The Hall–Kier alpha value is -2.87. The predicted octanol–water partition coefficient (Wildman–Crippen LogP) is 2.12. The standard InChI is InChI=1S/C19H25N5O3/c1-13-10-17(27-23-13)12-24-9-7-14(11-24)6-8-21-18(25)15-2-4-16(5-3-15)22-19(20)26/h2-5,10,14H,6-9,11-12H2,1H3,(H,21,25)(H3,20,22,26). The van der Waals surface area contributed by atoms with E-state index in [1.165, 1.54) is 0 Å². The number of amides is 3. The van der Waals surface area contributed by atoms with Crippen LogP contribution in [0.1, 0.15) is 34.7 Å². The Balaban J connectivity index is 1.38. The van der Waals surface area contributed by atoms with E-state index in [9.17, 15) is 9.59 Å². The number of likely N-dealkylation sites (tertiary alicyclic amines) is 1. The lowest BCUT2D eigenvalue weighted by Gasteiger charge is -2.14. The molecule has 1 unspecified atom stereocenters. The molecule has 3 amide bonds. The van der Waals surface area contributed by atoms with Crippen molar-refractivity contribution in [2.24, 2.45) is 11.7 Å². The molecule has 0 bridgehead atoms. The Kier molecular flexibility index (Phi) is 6.08. The van der Waals surface area contributed by atoms with Crippen molar-refractivity contribution < 1.29 is 14.1 Å². The summed E-state index contributed by atoms with van der Waals surface area (Å²) in [5.41, 5.74) is 7.08. The first kappa shape index (κ1) is 18.9. The number of aromatic nitrogens is 1. The van der Waals surface area contributed by atoms with Gasteiger partial charge in [-0.15, -0.1) is 0 Å². The number of aryl methyl sites for hydroxylation is 1. The van der Waals surface area contributed by atoms with Crippen LogP contribution in [0, 0.1) is 12.8 Å². The first-order valence-electron chi connectivity index (χ1n) is 9.09. The Morgan fingerprint density at radius 2 is 2.11 bits per heavy atom. The van der Waals surface area contributed by atoms with Gasteiger partial charge in [-0.25, -0.2) is 4.79 Å². The summed E-state index contributed by atoms with van der Waals surface area (Å²) in [6, 6.07) is 7.97. The second-order valence-corrected chi connectivity index (χ2v) is 6.94. The van der Waals surface area contributed by atoms with Crippen molar-refractivity contribution in [1.82, 2.24) is 15.4 Å². The third-order valence-electron chi connectivity index (χ3n) is 4.68. The number of urea groups is 1. The Morgan fingerprint density at radius 3 is 2.78 bits per heavy atom. The summed E-state index contributed by atoms with van der Waals surface area (Å²) in [7, 11) is 0. The molecule has 0 radical (unpaired) electrons. The molecule has 1 aromatic heterocycles. The van der Waals surface area contributed by atoms with Gasteiger partial charge in [0.2, 0.25) is 0 Å². The molecular formula is C19H25N5O3. The third kappa shape index (κ3) is 5.55. The molecule has 1 aliphatic heterocycles. The van der Waals surface area contributed by atoms with Crippen molar-refractivity contribution in [1.29, 1.82) is 0 Å². The molecule has 1 fully saturated rings. The highest BCUT2D eigenvalue weighted by atomic mass is 16.5. The molecule has 1 atom stereocenters. The number of carbonyl (C=O) groups excluding carboxylic acids is 2. The molecule has 0 saturated carbocycles. The van der Waals surface area contributed by atoms with Gasteiger partial charge in [0, 0.05) is 30.4 Å². The van der Waals surface area contributed by atoms with E-state index >= 15 is 0 Å². The van der Waals surface area contributed by atoms with E-state index in [0.29, 0.717) is 23.7 Å². The highest BCUT2D eigenvalue weighted by Crippen LogP contribution is 2.21. The van der Waals surface area contributed by atoms with Crippen molar-refractivity contribution in [2.75, 3.05) is 25.0 Å². The number of nitrogens with two attached hydrogens (primary N) is 1. The van der Waals surface area contributed by atoms with E-state index in [4.69, 9.17) is 10.3 Å². The van der Waals surface area contributed by atoms with Crippen LogP contribution in [0.4, 0.5) is 10.5 Å². The molecule has 8 nitrogen and oxygen atoms in total. The van der Waals surface area contributed by atoms with E-state index in [0.717, 1.165) is 43.9 Å². The van der Waals surface area contributed by atoms with Gasteiger partial charge in [-0.05, 0) is 56.5 Å². The van der Waals surface area contributed by atoms with Gasteiger partial charge in [-0.3, -0.25) is 9.69 Å². The molecule has 1 aromatic carbocycles. The highest BCUT2D eigenvalue weighted by Gasteiger charge is 2.23. The smallest absolute Gasteiger partial charge is 0.316 e. The summed E-state index contributed by atoms with van der Waals surface area (Å²) >= 11 is 0. The summed E-state index contributed by atoms with van der Waals surface area (Å²) in [4.78, 5) is 25.4. The fourth-order valence-corrected chi connectivity index (χ4v) is 3.34. The zero-order chi connectivity index (χ0) is 19.2. The monoisotopic (exact) mass is 371 g/mol. The maximum Gasteiger partial charge on any atom is 0.316 e. The first-order chi connectivity index (χ1) is 13.0. The molecule has 4 N–H and O–H groups in total. The van der Waals surface area contributed by atoms with E-state index in [-0.39, 0.29) is 5.91 Å². The minimum Gasteiger partial charge on any atom is -0.360 e. The van der Waals surface area contributed by atoms with Crippen molar-refractivity contribution in [2.45, 2.75) is 26.3 Å². The lowest BCUT2D eigenvalue weighted by molar-refractivity contribution is 0.0951.